The van der Waals surface area contributed by atoms with E-state index >= 15 is 0 Å². The van der Waals surface area contributed by atoms with Gasteiger partial charge in [-0.3, -0.25) is 0 Å². The van der Waals surface area contributed by atoms with E-state index < -0.39 is 0 Å². The second-order valence-corrected chi connectivity index (χ2v) is 6.94. The first-order valence-electron chi connectivity index (χ1n) is 9.12. The summed E-state index contributed by atoms with van der Waals surface area (Å²) in [6, 6.07) is 4.66. The molecule has 0 amide bonds. The quantitative estimate of drug-likeness (QED) is 0.818. The van der Waals surface area contributed by atoms with Gasteiger partial charge in [-0.25, -0.2) is 4.98 Å². The van der Waals surface area contributed by atoms with Gasteiger partial charge in [-0.05, 0) is 18.9 Å². The summed E-state index contributed by atoms with van der Waals surface area (Å²) in [5, 5.41) is 4.61. The van der Waals surface area contributed by atoms with Gasteiger partial charge in [-0.15, -0.1) is 0 Å². The number of aromatic nitrogens is 1. The summed E-state index contributed by atoms with van der Waals surface area (Å²) in [5.41, 5.74) is 1.98. The van der Waals surface area contributed by atoms with Crippen molar-refractivity contribution >= 4 is 16.7 Å². The van der Waals surface area contributed by atoms with Crippen molar-refractivity contribution in [2.45, 2.75) is 38.3 Å². The van der Waals surface area contributed by atoms with E-state index in [4.69, 9.17) is 19.2 Å². The number of fused-ring (bicyclic) bond motifs is 1. The van der Waals surface area contributed by atoms with Crippen LogP contribution in [-0.4, -0.2) is 46.5 Å². The average molecular weight is 359 g/mol. The van der Waals surface area contributed by atoms with E-state index in [0.29, 0.717) is 23.3 Å². The number of nitrogens with zero attached hydrogens (tertiary/aromatic N) is 2. The van der Waals surface area contributed by atoms with E-state index in [0.717, 1.165) is 28.8 Å². The Bertz CT molecular complexity index is 771. The van der Waals surface area contributed by atoms with Gasteiger partial charge in [-0.2, -0.15) is 0 Å². The van der Waals surface area contributed by atoms with Crippen molar-refractivity contribution in [1.29, 1.82) is 0 Å². The Kier molecular flexibility index (Phi) is 5.71. The number of anilines is 1. The number of methoxy groups -OCH3 is 3. The summed E-state index contributed by atoms with van der Waals surface area (Å²) in [4.78, 5) is 6.93. The van der Waals surface area contributed by atoms with Crippen LogP contribution in [0.15, 0.2) is 12.1 Å². The molecule has 0 bridgehead atoms. The molecule has 1 fully saturated rings. The van der Waals surface area contributed by atoms with Crippen LogP contribution < -0.4 is 24.4 Å². The van der Waals surface area contributed by atoms with Crippen molar-refractivity contribution in [2.24, 2.45) is 0 Å². The molecule has 6 nitrogen and oxygen atoms in total. The maximum absolute atomic E-state index is 5.65. The molecule has 1 aliphatic rings. The largest absolute Gasteiger partial charge is 0.493 e. The Morgan fingerprint density at radius 3 is 2.31 bits per heavy atom. The number of nitrogens with one attached hydrogen (secondary N) is 1. The van der Waals surface area contributed by atoms with Crippen LogP contribution in [-0.2, 0) is 6.54 Å². The maximum Gasteiger partial charge on any atom is 0.204 e. The molecule has 0 saturated heterocycles. The molecule has 142 valence electrons. The zero-order chi connectivity index (χ0) is 18.7. The minimum absolute atomic E-state index is 0.594. The van der Waals surface area contributed by atoms with Crippen LogP contribution in [0.5, 0.6) is 17.2 Å². The zero-order valence-electron chi connectivity index (χ0n) is 16.4. The van der Waals surface area contributed by atoms with Crippen molar-refractivity contribution in [3.05, 3.63) is 17.7 Å². The molecule has 0 atom stereocenters. The summed E-state index contributed by atoms with van der Waals surface area (Å²) in [6.07, 6.45) is 5.15. The molecule has 3 rings (SSSR count). The number of rotatable bonds is 7. The van der Waals surface area contributed by atoms with Crippen LogP contribution in [0.1, 0.15) is 31.2 Å². The monoisotopic (exact) mass is 359 g/mol. The van der Waals surface area contributed by atoms with Crippen molar-refractivity contribution in [2.75, 3.05) is 40.3 Å². The minimum atomic E-state index is 0.594. The predicted octanol–water partition coefficient (Wildman–Crippen LogP) is 3.36. The lowest BCUT2D eigenvalue weighted by atomic mass is 10.1. The third kappa shape index (κ3) is 3.51. The first-order valence-corrected chi connectivity index (χ1v) is 9.12. The van der Waals surface area contributed by atoms with E-state index in [1.165, 1.54) is 25.7 Å². The summed E-state index contributed by atoms with van der Waals surface area (Å²) < 4.78 is 16.6. The summed E-state index contributed by atoms with van der Waals surface area (Å²) in [5.74, 6) is 2.82. The molecule has 0 radical (unpaired) electrons. The highest BCUT2D eigenvalue weighted by molar-refractivity contribution is 5.92. The molecule has 1 heterocycles. The molecule has 1 aromatic carbocycles. The van der Waals surface area contributed by atoms with E-state index in [1.54, 1.807) is 21.3 Å². The molecular formula is C20H29N3O3. The Morgan fingerprint density at radius 2 is 1.73 bits per heavy atom. The fourth-order valence-corrected chi connectivity index (χ4v) is 3.72. The van der Waals surface area contributed by atoms with E-state index in [9.17, 15) is 0 Å². The van der Waals surface area contributed by atoms with Crippen molar-refractivity contribution in [3.63, 3.8) is 0 Å². The van der Waals surface area contributed by atoms with Crippen molar-refractivity contribution in [3.8, 4) is 17.2 Å². The number of benzene rings is 1. The molecule has 6 heteroatoms. The van der Waals surface area contributed by atoms with Crippen LogP contribution in [0.25, 0.3) is 10.9 Å². The van der Waals surface area contributed by atoms with Crippen LogP contribution >= 0.6 is 0 Å². The minimum Gasteiger partial charge on any atom is -0.493 e. The lowest BCUT2D eigenvalue weighted by molar-refractivity contribution is 0.327. The van der Waals surface area contributed by atoms with Crippen molar-refractivity contribution in [1.82, 2.24) is 10.3 Å². The smallest absolute Gasteiger partial charge is 0.204 e. The van der Waals surface area contributed by atoms with Gasteiger partial charge < -0.3 is 24.4 Å². The Hall–Kier alpha value is -2.21. The lowest BCUT2D eigenvalue weighted by Gasteiger charge is -2.21. The second-order valence-electron chi connectivity index (χ2n) is 6.94. The fraction of sp³-hybridized carbons (Fsp3) is 0.550. The maximum atomic E-state index is 5.65. The van der Waals surface area contributed by atoms with Gasteiger partial charge in [0.05, 0.1) is 26.8 Å². The molecule has 2 aromatic rings. The molecular weight excluding hydrogens is 330 g/mol. The van der Waals surface area contributed by atoms with Crippen LogP contribution in [0.3, 0.4) is 0 Å². The summed E-state index contributed by atoms with van der Waals surface area (Å²) in [6.45, 7) is 0.790. The Balaban J connectivity index is 2.08. The van der Waals surface area contributed by atoms with Gasteiger partial charge in [0, 0.05) is 43.7 Å². The van der Waals surface area contributed by atoms with Crippen LogP contribution in [0.4, 0.5) is 5.82 Å². The molecule has 26 heavy (non-hydrogen) atoms. The normalized spacial score (nSPS) is 14.7. The third-order valence-electron chi connectivity index (χ3n) is 5.04. The first-order chi connectivity index (χ1) is 12.6. The Labute approximate surface area is 155 Å². The first kappa shape index (κ1) is 18.6. The highest BCUT2D eigenvalue weighted by atomic mass is 16.5. The van der Waals surface area contributed by atoms with Gasteiger partial charge in [-0.1, -0.05) is 12.8 Å². The highest BCUT2D eigenvalue weighted by Crippen LogP contribution is 2.43. The molecule has 1 N–H and O–H groups in total. The van der Waals surface area contributed by atoms with Gasteiger partial charge in [0.1, 0.15) is 5.82 Å². The van der Waals surface area contributed by atoms with Crippen molar-refractivity contribution < 1.29 is 14.2 Å². The molecule has 0 aliphatic heterocycles. The number of pyridine rings is 1. The number of hydrogen-bond donors (Lipinski definition) is 1. The standard InChI is InChI=1S/C20H29N3O3/c1-23(2)20-13(12-21-14-8-6-7-9-14)10-15-16(22-20)11-17(24-3)19(26-5)18(15)25-4/h10-11,14,21H,6-9,12H2,1-5H3. The topological polar surface area (TPSA) is 55.9 Å². The molecule has 1 aliphatic carbocycles. The Morgan fingerprint density at radius 1 is 1.04 bits per heavy atom. The third-order valence-corrected chi connectivity index (χ3v) is 5.04. The zero-order valence-corrected chi connectivity index (χ0v) is 16.4. The van der Waals surface area contributed by atoms with E-state index in [1.807, 2.05) is 25.1 Å². The van der Waals surface area contributed by atoms with Crippen LogP contribution in [0.2, 0.25) is 0 Å². The summed E-state index contributed by atoms with van der Waals surface area (Å²) >= 11 is 0. The van der Waals surface area contributed by atoms with Gasteiger partial charge in [0.25, 0.3) is 0 Å². The fourth-order valence-electron chi connectivity index (χ4n) is 3.72. The molecule has 0 spiro atoms. The predicted molar refractivity (Wildman–Crippen MR) is 105 cm³/mol. The average Bonchev–Trinajstić information content (AvgIpc) is 3.17. The number of ether oxygens (including phenoxy) is 3. The lowest BCUT2D eigenvalue weighted by Crippen LogP contribution is -2.26. The SMILES string of the molecule is COc1cc2nc(N(C)C)c(CNC3CCCC3)cc2c(OC)c1OC. The highest BCUT2D eigenvalue weighted by Gasteiger charge is 2.20. The van der Waals surface area contributed by atoms with E-state index in [-0.39, 0.29) is 0 Å². The van der Waals surface area contributed by atoms with Crippen LogP contribution in [0, 0.1) is 0 Å². The van der Waals surface area contributed by atoms with Gasteiger partial charge in [0.15, 0.2) is 11.5 Å². The molecule has 0 unspecified atom stereocenters. The number of hydrogen-bond acceptors (Lipinski definition) is 6. The van der Waals surface area contributed by atoms with E-state index in [2.05, 4.69) is 11.4 Å². The van der Waals surface area contributed by atoms with Gasteiger partial charge >= 0.3 is 0 Å². The molecule has 1 saturated carbocycles. The molecule has 1 aromatic heterocycles. The summed E-state index contributed by atoms with van der Waals surface area (Å²) in [7, 11) is 8.93. The van der Waals surface area contributed by atoms with Gasteiger partial charge in [0.2, 0.25) is 5.75 Å². The second kappa shape index (κ2) is 7.99.